The standard InChI is InChI=1S/C27H44F2N2O5/c1-18(2)20-10-9-19(3)15-21(20)30-13-7-12-27(29,22(30)32)23(33)36-17-26(28)11-8-14-31(16-26,24(34)35)25(4,5)6/h18-21H,7-17H2,1-6H3/p+1/t19-,20+,21-,26-,27?,31?/m0/s1. The Morgan fingerprint density at radius 1 is 1.19 bits per heavy atom. The van der Waals surface area contributed by atoms with Gasteiger partial charge in [-0.3, -0.25) is 4.79 Å². The number of nitrogens with zero attached hydrogens (tertiary/aromatic N) is 2. The van der Waals surface area contributed by atoms with Gasteiger partial charge in [0.25, 0.3) is 11.6 Å². The molecule has 9 heteroatoms. The summed E-state index contributed by atoms with van der Waals surface area (Å²) in [5, 5.41) is 9.93. The van der Waals surface area contributed by atoms with E-state index in [1.807, 2.05) is 0 Å². The van der Waals surface area contributed by atoms with Gasteiger partial charge in [0, 0.05) is 25.4 Å². The lowest BCUT2D eigenvalue weighted by molar-refractivity contribution is -0.913. The third-order valence-corrected chi connectivity index (χ3v) is 9.06. The molecule has 2 aliphatic heterocycles. The number of hydrogen-bond donors (Lipinski definition) is 1. The SMILES string of the molecule is CC(C)[C@H]1CC[C@H](C)C[C@@H]1N1CCCC(F)(C(=O)OC[C@]2(F)CCC[N+](C(=O)O)(C(C)(C)C)C2)C1=O. The Balaban J connectivity index is 1.74. The summed E-state index contributed by atoms with van der Waals surface area (Å²) in [7, 11) is 0. The van der Waals surface area contributed by atoms with Crippen LogP contribution < -0.4 is 0 Å². The number of halogens is 2. The van der Waals surface area contributed by atoms with Crippen molar-refractivity contribution in [3.63, 3.8) is 0 Å². The minimum absolute atomic E-state index is 0.0129. The van der Waals surface area contributed by atoms with Crippen molar-refractivity contribution >= 4 is 18.0 Å². The summed E-state index contributed by atoms with van der Waals surface area (Å²) >= 11 is 0. The van der Waals surface area contributed by atoms with E-state index in [2.05, 4.69) is 20.8 Å². The van der Waals surface area contributed by atoms with Gasteiger partial charge < -0.3 is 14.7 Å². The van der Waals surface area contributed by atoms with Crippen molar-refractivity contribution in [3.05, 3.63) is 0 Å². The van der Waals surface area contributed by atoms with E-state index in [0.717, 1.165) is 19.3 Å². The fourth-order valence-electron chi connectivity index (χ4n) is 6.70. The number of ether oxygens (including phenoxy) is 1. The zero-order valence-electron chi connectivity index (χ0n) is 22.8. The maximum Gasteiger partial charge on any atom is 0.514 e. The fraction of sp³-hybridized carbons (Fsp3) is 0.889. The van der Waals surface area contributed by atoms with Gasteiger partial charge in [0.1, 0.15) is 18.7 Å². The van der Waals surface area contributed by atoms with Gasteiger partial charge in [-0.05, 0) is 64.2 Å². The largest absolute Gasteiger partial charge is 0.514 e. The van der Waals surface area contributed by atoms with Crippen LogP contribution in [0.1, 0.15) is 86.5 Å². The number of quaternary nitrogens is 1. The number of likely N-dealkylation sites (tertiary alicyclic amines) is 2. The van der Waals surface area contributed by atoms with Crippen LogP contribution in [0.3, 0.4) is 0 Å². The topological polar surface area (TPSA) is 83.9 Å². The molecule has 1 N–H and O–H groups in total. The molecule has 3 rings (SSSR count). The summed E-state index contributed by atoms with van der Waals surface area (Å²) in [5.74, 6) is -1.25. The molecule has 2 saturated heterocycles. The predicted octanol–water partition coefficient (Wildman–Crippen LogP) is 5.12. The van der Waals surface area contributed by atoms with Crippen LogP contribution in [-0.4, -0.2) is 81.6 Å². The lowest BCUT2D eigenvalue weighted by atomic mass is 9.72. The second-order valence-corrected chi connectivity index (χ2v) is 12.9. The summed E-state index contributed by atoms with van der Waals surface area (Å²) in [5.41, 5.74) is -5.73. The molecule has 3 fully saturated rings. The predicted molar refractivity (Wildman–Crippen MR) is 132 cm³/mol. The second kappa shape index (κ2) is 10.2. The second-order valence-electron chi connectivity index (χ2n) is 12.9. The van der Waals surface area contributed by atoms with E-state index >= 15 is 8.78 Å². The molecule has 0 bridgehead atoms. The molecule has 0 aromatic rings. The van der Waals surface area contributed by atoms with Crippen LogP contribution in [-0.2, 0) is 14.3 Å². The van der Waals surface area contributed by atoms with E-state index in [4.69, 9.17) is 4.74 Å². The molecule has 3 aliphatic rings. The Hall–Kier alpha value is -1.77. The first kappa shape index (κ1) is 28.8. The maximum absolute atomic E-state index is 16.1. The van der Waals surface area contributed by atoms with Crippen LogP contribution in [0.25, 0.3) is 0 Å². The lowest BCUT2D eigenvalue weighted by Crippen LogP contribution is -2.70. The highest BCUT2D eigenvalue weighted by Crippen LogP contribution is 2.41. The van der Waals surface area contributed by atoms with Gasteiger partial charge in [-0.2, -0.15) is 4.79 Å². The average Bonchev–Trinajstić information content (AvgIpc) is 2.78. The van der Waals surface area contributed by atoms with E-state index in [1.54, 1.807) is 25.7 Å². The number of piperidine rings is 2. The average molecular weight is 516 g/mol. The normalized spacial score (nSPS) is 38.2. The van der Waals surface area contributed by atoms with Gasteiger partial charge >= 0.3 is 12.1 Å². The Labute approximate surface area is 214 Å². The van der Waals surface area contributed by atoms with Gasteiger partial charge in [0.05, 0.1) is 6.54 Å². The molecule has 0 aromatic carbocycles. The molecule has 2 unspecified atom stereocenters. The summed E-state index contributed by atoms with van der Waals surface area (Å²) < 4.78 is 36.6. The maximum atomic E-state index is 16.1. The van der Waals surface area contributed by atoms with Gasteiger partial charge in [-0.25, -0.2) is 18.1 Å². The van der Waals surface area contributed by atoms with Crippen LogP contribution in [0.2, 0.25) is 0 Å². The molecule has 1 aliphatic carbocycles. The molecule has 0 spiro atoms. The Bertz CT molecular complexity index is 862. The van der Waals surface area contributed by atoms with E-state index in [1.165, 1.54) is 0 Å². The third-order valence-electron chi connectivity index (χ3n) is 9.06. The van der Waals surface area contributed by atoms with E-state index in [0.29, 0.717) is 31.2 Å². The van der Waals surface area contributed by atoms with Crippen LogP contribution in [0, 0.1) is 17.8 Å². The van der Waals surface area contributed by atoms with Crippen LogP contribution in [0.15, 0.2) is 0 Å². The molecule has 36 heavy (non-hydrogen) atoms. The van der Waals surface area contributed by atoms with Crippen molar-refractivity contribution in [1.82, 2.24) is 4.90 Å². The van der Waals surface area contributed by atoms with Gasteiger partial charge in [-0.15, -0.1) is 0 Å². The first-order valence-corrected chi connectivity index (χ1v) is 13.5. The van der Waals surface area contributed by atoms with Crippen LogP contribution in [0.5, 0.6) is 0 Å². The van der Waals surface area contributed by atoms with E-state index < -0.39 is 45.9 Å². The third kappa shape index (κ3) is 5.27. The minimum Gasteiger partial charge on any atom is -0.459 e. The minimum atomic E-state index is -2.84. The monoisotopic (exact) mass is 515 g/mol. The fourth-order valence-corrected chi connectivity index (χ4v) is 6.70. The van der Waals surface area contributed by atoms with E-state index in [-0.39, 0.29) is 37.9 Å². The smallest absolute Gasteiger partial charge is 0.459 e. The molecule has 0 radical (unpaired) electrons. The number of carbonyl (C=O) groups is 3. The first-order chi connectivity index (χ1) is 16.6. The number of rotatable bonds is 5. The highest BCUT2D eigenvalue weighted by atomic mass is 19.1. The number of amides is 2. The van der Waals surface area contributed by atoms with Crippen molar-refractivity contribution < 1.29 is 37.5 Å². The summed E-state index contributed by atoms with van der Waals surface area (Å²) in [6, 6.07) is -0.129. The highest BCUT2D eigenvalue weighted by Gasteiger charge is 2.59. The van der Waals surface area contributed by atoms with Gasteiger partial charge in [0.2, 0.25) is 0 Å². The molecule has 2 heterocycles. The number of carbonyl (C=O) groups excluding carboxylic acids is 2. The molecule has 6 atom stereocenters. The zero-order valence-corrected chi connectivity index (χ0v) is 22.8. The molecular weight excluding hydrogens is 470 g/mol. The lowest BCUT2D eigenvalue weighted by Gasteiger charge is -2.49. The number of hydrogen-bond acceptors (Lipinski definition) is 4. The quantitative estimate of drug-likeness (QED) is 0.312. The summed E-state index contributed by atoms with van der Waals surface area (Å²) in [6.07, 6.45) is 2.00. The van der Waals surface area contributed by atoms with Crippen LogP contribution >= 0.6 is 0 Å². The van der Waals surface area contributed by atoms with Gasteiger partial charge in [-0.1, -0.05) is 27.2 Å². The number of carboxylic acid groups (broad SMARTS) is 1. The molecule has 206 valence electrons. The summed E-state index contributed by atoms with van der Waals surface area (Å²) in [6.45, 7) is 11.1. The first-order valence-electron chi connectivity index (χ1n) is 13.5. The van der Waals surface area contributed by atoms with Crippen molar-refractivity contribution in [2.75, 3.05) is 26.2 Å². The van der Waals surface area contributed by atoms with Crippen molar-refractivity contribution in [2.24, 2.45) is 17.8 Å². The van der Waals surface area contributed by atoms with Crippen LogP contribution in [0.4, 0.5) is 13.6 Å². The molecular formula is C27H45F2N2O5+. The number of esters is 1. The summed E-state index contributed by atoms with van der Waals surface area (Å²) in [4.78, 5) is 40.1. The van der Waals surface area contributed by atoms with Gasteiger partial charge in [0.15, 0.2) is 5.67 Å². The molecule has 7 nitrogen and oxygen atoms in total. The van der Waals surface area contributed by atoms with Crippen molar-refractivity contribution in [3.8, 4) is 0 Å². The molecule has 1 saturated carbocycles. The highest BCUT2D eigenvalue weighted by molar-refractivity contribution is 6.06. The Kier molecular flexibility index (Phi) is 8.14. The zero-order chi connectivity index (χ0) is 27.1. The van der Waals surface area contributed by atoms with Crippen molar-refractivity contribution in [2.45, 2.75) is 109 Å². The number of alkyl halides is 2. The Morgan fingerprint density at radius 2 is 1.86 bits per heavy atom. The Morgan fingerprint density at radius 3 is 2.44 bits per heavy atom. The van der Waals surface area contributed by atoms with Crippen molar-refractivity contribution in [1.29, 1.82) is 0 Å². The molecule has 0 aromatic heterocycles. The van der Waals surface area contributed by atoms with E-state index in [9.17, 15) is 19.5 Å². The molecule has 2 amide bonds.